The van der Waals surface area contributed by atoms with E-state index in [1.165, 1.54) is 7.11 Å². The molecule has 1 heterocycles. The van der Waals surface area contributed by atoms with Crippen LogP contribution in [0.15, 0.2) is 60.0 Å². The fourth-order valence-corrected chi connectivity index (χ4v) is 3.75. The van der Waals surface area contributed by atoms with E-state index in [1.54, 1.807) is 42.5 Å². The second-order valence-electron chi connectivity index (χ2n) is 6.00. The SMILES string of the molecule is C=CCc1cc(/C=C2\SC(=O)N(c3ccccc3)C2=O)cc(OC)c1OCC#N. The van der Waals surface area contributed by atoms with Crippen molar-refractivity contribution in [2.75, 3.05) is 18.6 Å². The highest BCUT2D eigenvalue weighted by Gasteiger charge is 2.36. The summed E-state index contributed by atoms with van der Waals surface area (Å²) in [5.41, 5.74) is 1.98. The monoisotopic (exact) mass is 406 g/mol. The molecule has 1 aliphatic rings. The first-order valence-corrected chi connectivity index (χ1v) is 9.55. The number of hydrogen-bond acceptors (Lipinski definition) is 6. The number of methoxy groups -OCH3 is 1. The second-order valence-corrected chi connectivity index (χ2v) is 7.00. The lowest BCUT2D eigenvalue weighted by molar-refractivity contribution is -0.113. The summed E-state index contributed by atoms with van der Waals surface area (Å²) >= 11 is 0.885. The molecule has 0 atom stereocenters. The van der Waals surface area contributed by atoms with Crippen LogP contribution < -0.4 is 14.4 Å². The Morgan fingerprint density at radius 2 is 2.00 bits per heavy atom. The molecule has 0 spiro atoms. The number of hydrogen-bond donors (Lipinski definition) is 0. The lowest BCUT2D eigenvalue weighted by Gasteiger charge is -2.14. The Hall–Kier alpha value is -3.50. The fourth-order valence-electron chi connectivity index (χ4n) is 2.91. The van der Waals surface area contributed by atoms with Gasteiger partial charge in [-0.1, -0.05) is 24.3 Å². The number of amides is 2. The summed E-state index contributed by atoms with van der Waals surface area (Å²) < 4.78 is 10.9. The third-order valence-electron chi connectivity index (χ3n) is 4.13. The molecule has 2 aromatic rings. The third kappa shape index (κ3) is 4.33. The van der Waals surface area contributed by atoms with E-state index < -0.39 is 0 Å². The normalized spacial score (nSPS) is 14.8. The zero-order valence-electron chi connectivity index (χ0n) is 15.8. The molecule has 2 aromatic carbocycles. The highest BCUT2D eigenvalue weighted by atomic mass is 32.2. The summed E-state index contributed by atoms with van der Waals surface area (Å²) in [6.07, 6.45) is 3.85. The maximum absolute atomic E-state index is 12.8. The molecular formula is C22H18N2O4S. The molecule has 1 fully saturated rings. The van der Waals surface area contributed by atoms with Gasteiger partial charge < -0.3 is 9.47 Å². The lowest BCUT2D eigenvalue weighted by Crippen LogP contribution is -2.27. The molecule has 6 nitrogen and oxygen atoms in total. The highest BCUT2D eigenvalue weighted by molar-refractivity contribution is 8.19. The van der Waals surface area contributed by atoms with Crippen LogP contribution in [-0.4, -0.2) is 24.9 Å². The molecule has 7 heteroatoms. The highest BCUT2D eigenvalue weighted by Crippen LogP contribution is 2.38. The number of anilines is 1. The van der Waals surface area contributed by atoms with Crippen molar-refractivity contribution >= 4 is 34.7 Å². The number of carbonyl (C=O) groups is 2. The van der Waals surface area contributed by atoms with E-state index >= 15 is 0 Å². The first-order chi connectivity index (χ1) is 14.1. The van der Waals surface area contributed by atoms with Gasteiger partial charge in [-0.2, -0.15) is 5.26 Å². The van der Waals surface area contributed by atoms with Gasteiger partial charge in [-0.25, -0.2) is 4.90 Å². The van der Waals surface area contributed by atoms with Gasteiger partial charge in [0.05, 0.1) is 17.7 Å². The van der Waals surface area contributed by atoms with Crippen LogP contribution in [0.5, 0.6) is 11.5 Å². The molecule has 0 N–H and O–H groups in total. The van der Waals surface area contributed by atoms with Crippen molar-refractivity contribution < 1.29 is 19.1 Å². The molecular weight excluding hydrogens is 388 g/mol. The van der Waals surface area contributed by atoms with E-state index in [1.807, 2.05) is 18.2 Å². The van der Waals surface area contributed by atoms with Crippen molar-refractivity contribution in [1.82, 2.24) is 0 Å². The van der Waals surface area contributed by atoms with E-state index in [0.717, 1.165) is 22.2 Å². The average Bonchev–Trinajstić information content (AvgIpc) is 3.00. The Kier molecular flexibility index (Phi) is 6.37. The van der Waals surface area contributed by atoms with Gasteiger partial charge in [-0.05, 0) is 54.1 Å². The number of nitriles is 1. The zero-order valence-corrected chi connectivity index (χ0v) is 16.6. The molecule has 0 bridgehead atoms. The average molecular weight is 406 g/mol. The molecule has 3 rings (SSSR count). The quantitative estimate of drug-likeness (QED) is 0.495. The Labute approximate surface area is 173 Å². The van der Waals surface area contributed by atoms with Gasteiger partial charge in [-0.3, -0.25) is 9.59 Å². The standard InChI is InChI=1S/C22H18N2O4S/c1-3-7-16-12-15(13-18(27-2)20(16)28-11-10-23)14-19-21(25)24(22(26)29-19)17-8-5-4-6-9-17/h3-6,8-9,12-14H,1,7,11H2,2H3/b19-14-. The smallest absolute Gasteiger partial charge is 0.298 e. The van der Waals surface area contributed by atoms with Crippen LogP contribution >= 0.6 is 11.8 Å². The molecule has 1 saturated heterocycles. The van der Waals surface area contributed by atoms with Crippen LogP contribution in [0.25, 0.3) is 6.08 Å². The Bertz CT molecular complexity index is 1030. The summed E-state index contributed by atoms with van der Waals surface area (Å²) in [4.78, 5) is 26.7. The van der Waals surface area contributed by atoms with E-state index in [-0.39, 0.29) is 17.8 Å². The van der Waals surface area contributed by atoms with E-state index in [4.69, 9.17) is 14.7 Å². The molecule has 2 amide bonds. The van der Waals surface area contributed by atoms with Gasteiger partial charge in [0.2, 0.25) is 0 Å². The van der Waals surface area contributed by atoms with Crippen LogP contribution in [0.4, 0.5) is 10.5 Å². The van der Waals surface area contributed by atoms with Gasteiger partial charge in [-0.15, -0.1) is 6.58 Å². The Morgan fingerprint density at radius 1 is 1.24 bits per heavy atom. The number of imide groups is 1. The van der Waals surface area contributed by atoms with E-state index in [9.17, 15) is 9.59 Å². The largest absolute Gasteiger partial charge is 0.493 e. The first-order valence-electron chi connectivity index (χ1n) is 8.73. The number of nitrogens with zero attached hydrogens (tertiary/aromatic N) is 2. The zero-order chi connectivity index (χ0) is 20.8. The van der Waals surface area contributed by atoms with Crippen LogP contribution in [0, 0.1) is 11.3 Å². The number of para-hydroxylation sites is 1. The Morgan fingerprint density at radius 3 is 2.66 bits per heavy atom. The number of ether oxygens (including phenoxy) is 2. The molecule has 29 heavy (non-hydrogen) atoms. The number of rotatable bonds is 7. The minimum Gasteiger partial charge on any atom is -0.493 e. The predicted octanol–water partition coefficient (Wildman–Crippen LogP) is 4.57. The fraction of sp³-hybridized carbons (Fsp3) is 0.136. The van der Waals surface area contributed by atoms with Crippen molar-refractivity contribution in [3.8, 4) is 17.6 Å². The molecule has 1 aliphatic heterocycles. The molecule has 0 radical (unpaired) electrons. The summed E-state index contributed by atoms with van der Waals surface area (Å²) in [5, 5.41) is 8.46. The van der Waals surface area contributed by atoms with E-state index in [2.05, 4.69) is 6.58 Å². The van der Waals surface area contributed by atoms with Crippen LogP contribution in [0.3, 0.4) is 0 Å². The van der Waals surface area contributed by atoms with Crippen LogP contribution in [0.1, 0.15) is 11.1 Å². The molecule has 0 saturated carbocycles. The number of allylic oxidation sites excluding steroid dienone is 1. The van der Waals surface area contributed by atoms with Gasteiger partial charge in [0.15, 0.2) is 18.1 Å². The predicted molar refractivity (Wildman–Crippen MR) is 113 cm³/mol. The topological polar surface area (TPSA) is 79.6 Å². The van der Waals surface area contributed by atoms with Gasteiger partial charge in [0.25, 0.3) is 11.1 Å². The summed E-state index contributed by atoms with van der Waals surface area (Å²) in [6.45, 7) is 3.63. The summed E-state index contributed by atoms with van der Waals surface area (Å²) in [7, 11) is 1.50. The summed E-state index contributed by atoms with van der Waals surface area (Å²) in [5.74, 6) is 0.525. The summed E-state index contributed by atoms with van der Waals surface area (Å²) in [6, 6.07) is 14.3. The molecule has 0 unspecified atom stereocenters. The Balaban J connectivity index is 1.98. The lowest BCUT2D eigenvalue weighted by atomic mass is 10.0. The van der Waals surface area contributed by atoms with Gasteiger partial charge >= 0.3 is 0 Å². The van der Waals surface area contributed by atoms with Crippen LogP contribution in [-0.2, 0) is 11.2 Å². The molecule has 0 aromatic heterocycles. The second kappa shape index (κ2) is 9.13. The molecule has 146 valence electrons. The van der Waals surface area contributed by atoms with Crippen molar-refractivity contribution in [3.63, 3.8) is 0 Å². The minimum atomic E-state index is -0.375. The first kappa shape index (κ1) is 20.2. The maximum Gasteiger partial charge on any atom is 0.298 e. The third-order valence-corrected chi connectivity index (χ3v) is 4.99. The van der Waals surface area contributed by atoms with Gasteiger partial charge in [0.1, 0.15) is 6.07 Å². The van der Waals surface area contributed by atoms with E-state index in [0.29, 0.717) is 34.1 Å². The maximum atomic E-state index is 12.8. The van der Waals surface area contributed by atoms with Crippen molar-refractivity contribution in [3.05, 3.63) is 71.2 Å². The van der Waals surface area contributed by atoms with Crippen molar-refractivity contribution in [2.24, 2.45) is 0 Å². The number of carbonyl (C=O) groups excluding carboxylic acids is 2. The van der Waals surface area contributed by atoms with Crippen molar-refractivity contribution in [2.45, 2.75) is 6.42 Å². The van der Waals surface area contributed by atoms with Crippen LogP contribution in [0.2, 0.25) is 0 Å². The molecule has 0 aliphatic carbocycles. The number of benzene rings is 2. The minimum absolute atomic E-state index is 0.115. The van der Waals surface area contributed by atoms with Gasteiger partial charge in [0, 0.05) is 5.56 Å². The van der Waals surface area contributed by atoms with Crippen molar-refractivity contribution in [1.29, 1.82) is 5.26 Å². The number of thioether (sulfide) groups is 1.